The van der Waals surface area contributed by atoms with Gasteiger partial charge in [0, 0.05) is 22.2 Å². The molecule has 98 valence electrons. The summed E-state index contributed by atoms with van der Waals surface area (Å²) in [5, 5.41) is 8.00. The number of fused-ring (bicyclic) bond motifs is 5. The molecular formula is C17H20N2. The lowest BCUT2D eigenvalue weighted by Crippen LogP contribution is -2.32. The summed E-state index contributed by atoms with van der Waals surface area (Å²) in [5.74, 6) is 0.654. The smallest absolute Gasteiger partial charge is 0.0958 e. The van der Waals surface area contributed by atoms with Crippen LogP contribution in [0.2, 0.25) is 0 Å². The van der Waals surface area contributed by atoms with E-state index in [1.165, 1.54) is 35.4 Å². The van der Waals surface area contributed by atoms with E-state index in [4.69, 9.17) is 0 Å². The monoisotopic (exact) mass is 252 g/mol. The molecule has 2 aliphatic carbocycles. The SMILES string of the molecule is CC1(C)[C@H]2CC[C@@]1(C)c1[nH]nc(-c3ccccc3)c12. The first-order chi connectivity index (χ1) is 9.06. The maximum absolute atomic E-state index is 4.63. The summed E-state index contributed by atoms with van der Waals surface area (Å²) in [6, 6.07) is 10.6. The Labute approximate surface area is 114 Å². The minimum Gasteiger partial charge on any atom is -0.281 e. The Kier molecular flexibility index (Phi) is 1.96. The molecule has 0 radical (unpaired) electrons. The molecule has 0 aliphatic heterocycles. The zero-order valence-corrected chi connectivity index (χ0v) is 11.8. The highest BCUT2D eigenvalue weighted by Crippen LogP contribution is 2.68. The molecule has 2 heteroatoms. The Hall–Kier alpha value is -1.57. The maximum Gasteiger partial charge on any atom is 0.0958 e. The van der Waals surface area contributed by atoms with Gasteiger partial charge in [-0.05, 0) is 24.2 Å². The van der Waals surface area contributed by atoms with Gasteiger partial charge in [-0.25, -0.2) is 0 Å². The van der Waals surface area contributed by atoms with E-state index in [9.17, 15) is 0 Å². The predicted molar refractivity (Wildman–Crippen MR) is 77.1 cm³/mol. The topological polar surface area (TPSA) is 28.7 Å². The molecule has 1 fully saturated rings. The third kappa shape index (κ3) is 1.15. The first kappa shape index (κ1) is 11.3. The molecule has 4 rings (SSSR count). The molecule has 2 bridgehead atoms. The minimum absolute atomic E-state index is 0.271. The number of hydrogen-bond donors (Lipinski definition) is 1. The summed E-state index contributed by atoms with van der Waals surface area (Å²) >= 11 is 0. The number of nitrogens with zero attached hydrogens (tertiary/aromatic N) is 1. The van der Waals surface area contributed by atoms with E-state index in [0.29, 0.717) is 11.3 Å². The fraction of sp³-hybridized carbons (Fsp3) is 0.471. The molecule has 2 aliphatic rings. The third-order valence-corrected chi connectivity index (χ3v) is 5.98. The van der Waals surface area contributed by atoms with Gasteiger partial charge in [0.15, 0.2) is 0 Å². The van der Waals surface area contributed by atoms with E-state index in [2.05, 4.69) is 61.3 Å². The van der Waals surface area contributed by atoms with Crippen LogP contribution in [0.15, 0.2) is 30.3 Å². The largest absolute Gasteiger partial charge is 0.281 e. The van der Waals surface area contributed by atoms with Gasteiger partial charge in [-0.3, -0.25) is 5.10 Å². The molecule has 19 heavy (non-hydrogen) atoms. The van der Waals surface area contributed by atoms with Crippen molar-refractivity contribution >= 4 is 0 Å². The average molecular weight is 252 g/mol. The van der Waals surface area contributed by atoms with Gasteiger partial charge < -0.3 is 0 Å². The van der Waals surface area contributed by atoms with Crippen LogP contribution in [-0.2, 0) is 5.41 Å². The molecule has 0 unspecified atom stereocenters. The fourth-order valence-corrected chi connectivity index (χ4v) is 4.38. The lowest BCUT2D eigenvalue weighted by Gasteiger charge is -2.34. The Morgan fingerprint density at radius 3 is 2.63 bits per heavy atom. The van der Waals surface area contributed by atoms with E-state index in [1.54, 1.807) is 0 Å². The normalized spacial score (nSPS) is 30.6. The van der Waals surface area contributed by atoms with Crippen molar-refractivity contribution in [2.75, 3.05) is 0 Å². The van der Waals surface area contributed by atoms with Gasteiger partial charge in [-0.1, -0.05) is 51.1 Å². The standard InChI is InChI=1S/C17H20N2/c1-16(2)12-9-10-17(16,3)15-13(12)14(18-19-15)11-7-5-4-6-8-11/h4-8,12H,9-10H2,1-3H3,(H,18,19)/t12-,17-/m0/s1. The molecule has 2 nitrogen and oxygen atoms in total. The van der Waals surface area contributed by atoms with Crippen LogP contribution in [0, 0.1) is 5.41 Å². The number of H-pyrrole nitrogens is 1. The van der Waals surface area contributed by atoms with Gasteiger partial charge >= 0.3 is 0 Å². The molecule has 1 aromatic heterocycles. The van der Waals surface area contributed by atoms with Crippen molar-refractivity contribution in [2.45, 2.75) is 44.9 Å². The number of benzene rings is 1. The fourth-order valence-electron chi connectivity index (χ4n) is 4.38. The van der Waals surface area contributed by atoms with Crippen molar-refractivity contribution in [3.8, 4) is 11.3 Å². The molecule has 1 heterocycles. The van der Waals surface area contributed by atoms with Crippen LogP contribution >= 0.6 is 0 Å². The summed E-state index contributed by atoms with van der Waals surface area (Å²) in [6.45, 7) is 7.26. The van der Waals surface area contributed by atoms with Crippen molar-refractivity contribution < 1.29 is 0 Å². The zero-order chi connectivity index (χ0) is 13.3. The first-order valence-corrected chi connectivity index (χ1v) is 7.20. The first-order valence-electron chi connectivity index (χ1n) is 7.20. The molecule has 2 atom stereocenters. The van der Waals surface area contributed by atoms with Gasteiger partial charge in [0.1, 0.15) is 0 Å². The summed E-state index contributed by atoms with van der Waals surface area (Å²) in [4.78, 5) is 0. The Bertz CT molecular complexity index is 639. The van der Waals surface area contributed by atoms with Crippen LogP contribution in [0.25, 0.3) is 11.3 Å². The van der Waals surface area contributed by atoms with Crippen molar-refractivity contribution in [2.24, 2.45) is 5.41 Å². The maximum atomic E-state index is 4.63. The van der Waals surface area contributed by atoms with Gasteiger partial charge in [0.05, 0.1) is 5.69 Å². The molecule has 0 spiro atoms. The second-order valence-electron chi connectivity index (χ2n) is 6.87. The Morgan fingerprint density at radius 1 is 1.16 bits per heavy atom. The molecule has 1 saturated carbocycles. The van der Waals surface area contributed by atoms with E-state index in [-0.39, 0.29) is 5.41 Å². The van der Waals surface area contributed by atoms with Crippen molar-refractivity contribution in [1.29, 1.82) is 0 Å². The highest BCUT2D eigenvalue weighted by Gasteiger charge is 2.61. The van der Waals surface area contributed by atoms with Gasteiger partial charge in [0.25, 0.3) is 0 Å². The van der Waals surface area contributed by atoms with Crippen LogP contribution in [0.3, 0.4) is 0 Å². The molecule has 0 amide bonds. The van der Waals surface area contributed by atoms with Gasteiger partial charge in [-0.2, -0.15) is 5.10 Å². The van der Waals surface area contributed by atoms with Crippen molar-refractivity contribution in [1.82, 2.24) is 10.2 Å². The average Bonchev–Trinajstić information content (AvgIpc) is 2.98. The molecule has 1 N–H and O–H groups in total. The van der Waals surface area contributed by atoms with E-state index in [1.807, 2.05) is 0 Å². The van der Waals surface area contributed by atoms with Crippen LogP contribution in [0.1, 0.15) is 50.8 Å². The Balaban J connectivity index is 1.95. The van der Waals surface area contributed by atoms with Gasteiger partial charge in [-0.15, -0.1) is 0 Å². The van der Waals surface area contributed by atoms with Crippen molar-refractivity contribution in [3.05, 3.63) is 41.6 Å². The summed E-state index contributed by atoms with van der Waals surface area (Å²) in [6.07, 6.45) is 2.59. The van der Waals surface area contributed by atoms with Crippen LogP contribution in [-0.4, -0.2) is 10.2 Å². The lowest BCUT2D eigenvalue weighted by atomic mass is 9.70. The summed E-state index contributed by atoms with van der Waals surface area (Å²) < 4.78 is 0. The van der Waals surface area contributed by atoms with E-state index >= 15 is 0 Å². The summed E-state index contributed by atoms with van der Waals surface area (Å²) in [5.41, 5.74) is 5.93. The number of aromatic nitrogens is 2. The second-order valence-corrected chi connectivity index (χ2v) is 6.87. The van der Waals surface area contributed by atoms with Crippen molar-refractivity contribution in [3.63, 3.8) is 0 Å². The third-order valence-electron chi connectivity index (χ3n) is 5.98. The zero-order valence-electron chi connectivity index (χ0n) is 11.8. The molecule has 0 saturated heterocycles. The summed E-state index contributed by atoms with van der Waals surface area (Å²) in [7, 11) is 0. The quantitative estimate of drug-likeness (QED) is 0.807. The van der Waals surface area contributed by atoms with Crippen LogP contribution in [0.4, 0.5) is 0 Å². The lowest BCUT2D eigenvalue weighted by molar-refractivity contribution is 0.225. The van der Waals surface area contributed by atoms with E-state index in [0.717, 1.165) is 0 Å². The highest BCUT2D eigenvalue weighted by atomic mass is 15.1. The Morgan fingerprint density at radius 2 is 1.89 bits per heavy atom. The van der Waals surface area contributed by atoms with E-state index < -0.39 is 0 Å². The predicted octanol–water partition coefficient (Wildman–Crippen LogP) is 4.25. The second kappa shape index (κ2) is 3.30. The number of rotatable bonds is 1. The highest BCUT2D eigenvalue weighted by molar-refractivity contribution is 5.68. The molecule has 1 aromatic carbocycles. The van der Waals surface area contributed by atoms with Crippen LogP contribution in [0.5, 0.6) is 0 Å². The minimum atomic E-state index is 0.271. The number of nitrogens with one attached hydrogen (secondary N) is 1. The number of hydrogen-bond acceptors (Lipinski definition) is 1. The van der Waals surface area contributed by atoms with Crippen LogP contribution < -0.4 is 0 Å². The molecular weight excluding hydrogens is 232 g/mol. The molecule has 2 aromatic rings. The number of aromatic amines is 1. The van der Waals surface area contributed by atoms with Gasteiger partial charge in [0.2, 0.25) is 0 Å².